The van der Waals surface area contributed by atoms with Crippen LogP contribution in [0.4, 0.5) is 0 Å². The molecule has 1 aromatic rings. The van der Waals surface area contributed by atoms with Crippen molar-refractivity contribution in [3.63, 3.8) is 0 Å². The van der Waals surface area contributed by atoms with E-state index in [1.165, 1.54) is 4.68 Å². The largest absolute Gasteiger partial charge is 0.476 e. The van der Waals surface area contributed by atoms with Crippen molar-refractivity contribution < 1.29 is 14.7 Å². The van der Waals surface area contributed by atoms with Gasteiger partial charge in [0.25, 0.3) is 0 Å². The SMILES string of the molecule is CCc1c(C(=O)O)nnn1CC(=O)NC(C)(C)CC. The number of hydrogen-bond acceptors (Lipinski definition) is 4. The number of rotatable bonds is 6. The Labute approximate surface area is 112 Å². The minimum atomic E-state index is -1.13. The number of nitrogens with zero attached hydrogens (tertiary/aromatic N) is 3. The van der Waals surface area contributed by atoms with Crippen molar-refractivity contribution >= 4 is 11.9 Å². The lowest BCUT2D eigenvalue weighted by molar-refractivity contribution is -0.123. The Balaban J connectivity index is 2.83. The van der Waals surface area contributed by atoms with E-state index in [2.05, 4.69) is 15.6 Å². The van der Waals surface area contributed by atoms with Crippen molar-refractivity contribution in [2.45, 2.75) is 52.6 Å². The maximum atomic E-state index is 11.9. The van der Waals surface area contributed by atoms with Gasteiger partial charge in [0.1, 0.15) is 6.54 Å². The fraction of sp³-hybridized carbons (Fsp3) is 0.667. The highest BCUT2D eigenvalue weighted by molar-refractivity contribution is 5.86. The van der Waals surface area contributed by atoms with Crippen molar-refractivity contribution in [3.8, 4) is 0 Å². The molecule has 0 saturated carbocycles. The standard InChI is InChI=1S/C12H20N4O3/c1-5-8-10(11(18)19)14-15-16(8)7-9(17)13-12(3,4)6-2/h5-7H2,1-4H3,(H,13,17)(H,18,19). The molecule has 0 aliphatic rings. The zero-order valence-electron chi connectivity index (χ0n) is 11.7. The van der Waals surface area contributed by atoms with E-state index in [0.29, 0.717) is 12.1 Å². The van der Waals surface area contributed by atoms with Gasteiger partial charge in [-0.1, -0.05) is 19.1 Å². The van der Waals surface area contributed by atoms with E-state index < -0.39 is 5.97 Å². The maximum Gasteiger partial charge on any atom is 0.358 e. The van der Waals surface area contributed by atoms with Gasteiger partial charge >= 0.3 is 5.97 Å². The smallest absolute Gasteiger partial charge is 0.358 e. The zero-order chi connectivity index (χ0) is 14.6. The summed E-state index contributed by atoms with van der Waals surface area (Å²) in [4.78, 5) is 22.8. The van der Waals surface area contributed by atoms with Gasteiger partial charge in [-0.2, -0.15) is 0 Å². The fourth-order valence-corrected chi connectivity index (χ4v) is 1.62. The number of hydrogen-bond donors (Lipinski definition) is 2. The topological polar surface area (TPSA) is 97.1 Å². The van der Waals surface area contributed by atoms with Gasteiger partial charge in [-0.15, -0.1) is 5.10 Å². The van der Waals surface area contributed by atoms with Crippen LogP contribution < -0.4 is 5.32 Å². The summed E-state index contributed by atoms with van der Waals surface area (Å²) in [5.74, 6) is -1.33. The molecule has 1 heterocycles. The monoisotopic (exact) mass is 268 g/mol. The normalized spacial score (nSPS) is 11.4. The molecule has 0 saturated heterocycles. The van der Waals surface area contributed by atoms with Crippen LogP contribution in [0.1, 0.15) is 50.3 Å². The Bertz CT molecular complexity index is 479. The van der Waals surface area contributed by atoms with Crippen molar-refractivity contribution in [1.29, 1.82) is 0 Å². The van der Waals surface area contributed by atoms with Crippen molar-refractivity contribution in [3.05, 3.63) is 11.4 Å². The molecule has 0 spiro atoms. The molecule has 19 heavy (non-hydrogen) atoms. The minimum absolute atomic E-state index is 0.0209. The van der Waals surface area contributed by atoms with E-state index in [0.717, 1.165) is 6.42 Å². The lowest BCUT2D eigenvalue weighted by atomic mass is 10.0. The Hall–Kier alpha value is -1.92. The molecular weight excluding hydrogens is 248 g/mol. The molecule has 2 N–H and O–H groups in total. The third-order valence-electron chi connectivity index (χ3n) is 3.03. The van der Waals surface area contributed by atoms with E-state index in [1.807, 2.05) is 20.8 Å². The first-order valence-corrected chi connectivity index (χ1v) is 6.27. The van der Waals surface area contributed by atoms with Crippen LogP contribution in [0.3, 0.4) is 0 Å². The summed E-state index contributed by atoms with van der Waals surface area (Å²) in [6.07, 6.45) is 1.26. The minimum Gasteiger partial charge on any atom is -0.476 e. The molecule has 1 aromatic heterocycles. The number of aromatic nitrogens is 3. The maximum absolute atomic E-state index is 11.9. The number of amides is 1. The Morgan fingerprint density at radius 1 is 1.37 bits per heavy atom. The first-order valence-electron chi connectivity index (χ1n) is 6.27. The molecule has 1 rings (SSSR count). The van der Waals surface area contributed by atoms with E-state index in [9.17, 15) is 9.59 Å². The molecule has 7 heteroatoms. The Morgan fingerprint density at radius 2 is 2.00 bits per heavy atom. The van der Waals surface area contributed by atoms with Gasteiger partial charge in [-0.25, -0.2) is 9.48 Å². The van der Waals surface area contributed by atoms with E-state index in [-0.39, 0.29) is 23.7 Å². The molecule has 0 radical (unpaired) electrons. The molecule has 0 unspecified atom stereocenters. The molecular formula is C12H20N4O3. The van der Waals surface area contributed by atoms with Crippen LogP contribution in [-0.2, 0) is 17.8 Å². The molecule has 0 aliphatic carbocycles. The quantitative estimate of drug-likeness (QED) is 0.797. The summed E-state index contributed by atoms with van der Waals surface area (Å²) in [7, 11) is 0. The summed E-state index contributed by atoms with van der Waals surface area (Å²) in [6.45, 7) is 7.61. The molecule has 0 fully saturated rings. The van der Waals surface area contributed by atoms with Gasteiger partial charge in [-0.3, -0.25) is 4.79 Å². The number of carbonyl (C=O) groups excluding carboxylic acids is 1. The summed E-state index contributed by atoms with van der Waals surface area (Å²) in [5, 5.41) is 19.1. The van der Waals surface area contributed by atoms with Crippen molar-refractivity contribution in [2.24, 2.45) is 0 Å². The van der Waals surface area contributed by atoms with Gasteiger partial charge in [0.15, 0.2) is 5.69 Å². The lowest BCUT2D eigenvalue weighted by Gasteiger charge is -2.24. The second-order valence-electron chi connectivity index (χ2n) is 4.99. The first kappa shape index (κ1) is 15.1. The predicted molar refractivity (Wildman–Crippen MR) is 68.9 cm³/mol. The number of aromatic carboxylic acids is 1. The Morgan fingerprint density at radius 3 is 2.47 bits per heavy atom. The number of nitrogens with one attached hydrogen (secondary N) is 1. The van der Waals surface area contributed by atoms with Crippen LogP contribution in [0.5, 0.6) is 0 Å². The van der Waals surface area contributed by atoms with E-state index in [1.54, 1.807) is 6.92 Å². The summed E-state index contributed by atoms with van der Waals surface area (Å²) in [6, 6.07) is 0. The van der Waals surface area contributed by atoms with Crippen LogP contribution in [0, 0.1) is 0 Å². The molecule has 106 valence electrons. The van der Waals surface area contributed by atoms with E-state index in [4.69, 9.17) is 5.11 Å². The van der Waals surface area contributed by atoms with Crippen LogP contribution in [0.25, 0.3) is 0 Å². The highest BCUT2D eigenvalue weighted by Crippen LogP contribution is 2.09. The van der Waals surface area contributed by atoms with E-state index >= 15 is 0 Å². The third kappa shape index (κ3) is 3.77. The Kier molecular flexibility index (Phi) is 4.63. The lowest BCUT2D eigenvalue weighted by Crippen LogP contribution is -2.44. The van der Waals surface area contributed by atoms with Crippen LogP contribution in [0.15, 0.2) is 0 Å². The molecule has 0 bridgehead atoms. The van der Waals surface area contributed by atoms with Gasteiger partial charge in [0, 0.05) is 5.54 Å². The van der Waals surface area contributed by atoms with Crippen molar-refractivity contribution in [1.82, 2.24) is 20.3 Å². The molecule has 0 aromatic carbocycles. The highest BCUT2D eigenvalue weighted by atomic mass is 16.4. The molecule has 7 nitrogen and oxygen atoms in total. The number of carboxylic acid groups (broad SMARTS) is 1. The van der Waals surface area contributed by atoms with Crippen molar-refractivity contribution in [2.75, 3.05) is 0 Å². The van der Waals surface area contributed by atoms with Crippen LogP contribution in [-0.4, -0.2) is 37.5 Å². The van der Waals surface area contributed by atoms with Gasteiger partial charge in [0.2, 0.25) is 5.91 Å². The van der Waals surface area contributed by atoms with Gasteiger partial charge < -0.3 is 10.4 Å². The third-order valence-corrected chi connectivity index (χ3v) is 3.03. The average molecular weight is 268 g/mol. The molecule has 0 atom stereocenters. The summed E-state index contributed by atoms with van der Waals surface area (Å²) in [5.41, 5.74) is 0.0710. The van der Waals surface area contributed by atoms with Crippen LogP contribution >= 0.6 is 0 Å². The average Bonchev–Trinajstić information content (AvgIpc) is 2.71. The number of carbonyl (C=O) groups is 2. The van der Waals surface area contributed by atoms with Gasteiger partial charge in [-0.05, 0) is 26.7 Å². The first-order chi connectivity index (χ1) is 8.80. The predicted octanol–water partition coefficient (Wildman–Crippen LogP) is 0.843. The molecule has 1 amide bonds. The highest BCUT2D eigenvalue weighted by Gasteiger charge is 2.21. The fourth-order valence-electron chi connectivity index (χ4n) is 1.62. The second kappa shape index (κ2) is 5.81. The number of carboxylic acids is 1. The summed E-state index contributed by atoms with van der Waals surface area (Å²) < 4.78 is 1.34. The van der Waals surface area contributed by atoms with Gasteiger partial charge in [0.05, 0.1) is 5.69 Å². The zero-order valence-corrected chi connectivity index (χ0v) is 11.7. The molecule has 0 aliphatic heterocycles. The second-order valence-corrected chi connectivity index (χ2v) is 4.99. The summed E-state index contributed by atoms with van der Waals surface area (Å²) >= 11 is 0. The van der Waals surface area contributed by atoms with Crippen LogP contribution in [0.2, 0.25) is 0 Å².